The number of hydrogen-bond donors (Lipinski definition) is 1. The van der Waals surface area contributed by atoms with Gasteiger partial charge in [0.05, 0.1) is 23.2 Å². The van der Waals surface area contributed by atoms with Crippen LogP contribution in [0.4, 0.5) is 11.4 Å². The van der Waals surface area contributed by atoms with Gasteiger partial charge in [0.2, 0.25) is 5.91 Å². The average molecular weight is 363 g/mol. The van der Waals surface area contributed by atoms with E-state index in [1.165, 1.54) is 0 Å². The van der Waals surface area contributed by atoms with Crippen molar-refractivity contribution in [1.82, 2.24) is 4.57 Å². The summed E-state index contributed by atoms with van der Waals surface area (Å²) in [4.78, 5) is 27.5. The Kier molecular flexibility index (Phi) is 5.31. The van der Waals surface area contributed by atoms with E-state index in [1.54, 1.807) is 23.6 Å². The van der Waals surface area contributed by atoms with Crippen molar-refractivity contribution in [2.24, 2.45) is 7.05 Å². The van der Waals surface area contributed by atoms with Gasteiger partial charge in [0.1, 0.15) is 0 Å². The summed E-state index contributed by atoms with van der Waals surface area (Å²) >= 11 is 0. The van der Waals surface area contributed by atoms with Gasteiger partial charge in [-0.2, -0.15) is 0 Å². The number of nitrogens with one attached hydrogen (secondary N) is 1. The fourth-order valence-corrected chi connectivity index (χ4v) is 3.43. The minimum Gasteiger partial charge on any atom is -0.384 e. The summed E-state index contributed by atoms with van der Waals surface area (Å²) in [6.07, 6.45) is 0.0463. The van der Waals surface area contributed by atoms with Crippen LogP contribution in [0.3, 0.4) is 0 Å². The van der Waals surface area contributed by atoms with Crippen molar-refractivity contribution in [3.05, 3.63) is 70.0 Å². The van der Waals surface area contributed by atoms with E-state index in [1.807, 2.05) is 62.4 Å². The van der Waals surface area contributed by atoms with E-state index < -0.39 is 0 Å². The number of rotatable bonds is 5. The van der Waals surface area contributed by atoms with Crippen molar-refractivity contribution in [3.63, 3.8) is 0 Å². The molecule has 2 aromatic carbocycles. The third kappa shape index (κ3) is 3.45. The van der Waals surface area contributed by atoms with E-state index in [4.69, 9.17) is 0 Å². The maximum atomic E-state index is 13.0. The molecule has 0 saturated carbocycles. The van der Waals surface area contributed by atoms with E-state index in [-0.39, 0.29) is 17.9 Å². The number of aromatic nitrogens is 1. The molecule has 1 N–H and O–H groups in total. The van der Waals surface area contributed by atoms with Crippen LogP contribution in [0, 0.1) is 6.92 Å². The number of aryl methyl sites for hydroxylation is 2. The zero-order valence-corrected chi connectivity index (χ0v) is 16.2. The van der Waals surface area contributed by atoms with Gasteiger partial charge in [-0.1, -0.05) is 30.3 Å². The SMILES string of the molecule is CCNc1c(CC(=O)N(C)c2ccccc2)c(=O)n(C)c2cccc(C)c12. The highest BCUT2D eigenvalue weighted by Crippen LogP contribution is 2.28. The summed E-state index contributed by atoms with van der Waals surface area (Å²) in [6, 6.07) is 15.4. The van der Waals surface area contributed by atoms with Crippen molar-refractivity contribution in [2.75, 3.05) is 23.8 Å². The highest BCUT2D eigenvalue weighted by molar-refractivity contribution is 6.00. The van der Waals surface area contributed by atoms with Crippen LogP contribution >= 0.6 is 0 Å². The summed E-state index contributed by atoms with van der Waals surface area (Å²) < 4.78 is 1.63. The third-order valence-corrected chi connectivity index (χ3v) is 4.93. The normalized spacial score (nSPS) is 10.8. The summed E-state index contributed by atoms with van der Waals surface area (Å²) in [5.74, 6) is -0.120. The molecule has 0 aliphatic carbocycles. The van der Waals surface area contributed by atoms with Crippen molar-refractivity contribution in [3.8, 4) is 0 Å². The van der Waals surface area contributed by atoms with Gasteiger partial charge in [0.15, 0.2) is 0 Å². The van der Waals surface area contributed by atoms with Gasteiger partial charge in [-0.25, -0.2) is 0 Å². The molecule has 0 bridgehead atoms. The fourth-order valence-electron chi connectivity index (χ4n) is 3.43. The van der Waals surface area contributed by atoms with Crippen molar-refractivity contribution in [2.45, 2.75) is 20.3 Å². The number of fused-ring (bicyclic) bond motifs is 1. The van der Waals surface area contributed by atoms with Crippen LogP contribution < -0.4 is 15.8 Å². The Hall–Kier alpha value is -3.08. The molecular formula is C22H25N3O2. The van der Waals surface area contributed by atoms with Crippen LogP contribution in [0.15, 0.2) is 53.3 Å². The third-order valence-electron chi connectivity index (χ3n) is 4.93. The van der Waals surface area contributed by atoms with Crippen LogP contribution in [0.5, 0.6) is 0 Å². The second kappa shape index (κ2) is 7.66. The van der Waals surface area contributed by atoms with Gasteiger partial charge in [-0.15, -0.1) is 0 Å². The lowest BCUT2D eigenvalue weighted by atomic mass is 10.0. The Balaban J connectivity index is 2.12. The number of likely N-dealkylation sites (N-methyl/N-ethyl adjacent to an activating group) is 1. The second-order valence-electron chi connectivity index (χ2n) is 6.68. The molecule has 140 valence electrons. The molecule has 1 aromatic heterocycles. The van der Waals surface area contributed by atoms with Crippen molar-refractivity contribution in [1.29, 1.82) is 0 Å². The van der Waals surface area contributed by atoms with E-state index in [0.717, 1.165) is 27.8 Å². The number of nitrogens with zero attached hydrogens (tertiary/aromatic N) is 2. The smallest absolute Gasteiger partial charge is 0.256 e. The molecule has 0 aliphatic rings. The number of carbonyl (C=O) groups is 1. The predicted molar refractivity (Wildman–Crippen MR) is 112 cm³/mol. The summed E-state index contributed by atoms with van der Waals surface area (Å²) in [5, 5.41) is 4.32. The molecule has 1 heterocycles. The Morgan fingerprint density at radius 2 is 1.81 bits per heavy atom. The average Bonchev–Trinajstić information content (AvgIpc) is 2.68. The molecule has 0 atom stereocenters. The molecule has 0 saturated heterocycles. The van der Waals surface area contributed by atoms with Crippen LogP contribution in [-0.2, 0) is 18.3 Å². The van der Waals surface area contributed by atoms with Crippen LogP contribution in [0.25, 0.3) is 10.9 Å². The molecule has 27 heavy (non-hydrogen) atoms. The maximum Gasteiger partial charge on any atom is 0.256 e. The molecule has 3 aromatic rings. The quantitative estimate of drug-likeness (QED) is 0.755. The first kappa shape index (κ1) is 18.7. The molecule has 0 spiro atoms. The molecule has 1 amide bonds. The first-order chi connectivity index (χ1) is 13.0. The van der Waals surface area contributed by atoms with Crippen LogP contribution in [0.2, 0.25) is 0 Å². The number of pyridine rings is 1. The Bertz CT molecular complexity index is 1040. The zero-order chi connectivity index (χ0) is 19.6. The lowest BCUT2D eigenvalue weighted by Crippen LogP contribution is -2.32. The monoisotopic (exact) mass is 363 g/mol. The fraction of sp³-hybridized carbons (Fsp3) is 0.273. The molecular weight excluding hydrogens is 338 g/mol. The number of anilines is 2. The number of hydrogen-bond acceptors (Lipinski definition) is 3. The minimum absolute atomic E-state index is 0.0463. The first-order valence-electron chi connectivity index (χ1n) is 9.12. The molecule has 5 heteroatoms. The Morgan fingerprint density at radius 3 is 2.48 bits per heavy atom. The standard InChI is InChI=1S/C22H25N3O2/c1-5-23-21-17(14-19(26)24(3)16-11-7-6-8-12-16)22(27)25(4)18-13-9-10-15(2)20(18)21/h6-13,23H,5,14H2,1-4H3. The summed E-state index contributed by atoms with van der Waals surface area (Å²) in [7, 11) is 3.50. The minimum atomic E-state index is -0.140. The number of para-hydroxylation sites is 1. The predicted octanol–water partition coefficient (Wildman–Crippen LogP) is 3.48. The maximum absolute atomic E-state index is 13.0. The van der Waals surface area contributed by atoms with E-state index >= 15 is 0 Å². The molecule has 0 radical (unpaired) electrons. The second-order valence-corrected chi connectivity index (χ2v) is 6.68. The molecule has 5 nitrogen and oxygen atoms in total. The molecule has 0 unspecified atom stereocenters. The lowest BCUT2D eigenvalue weighted by molar-refractivity contribution is -0.117. The number of benzene rings is 2. The molecule has 0 aliphatic heterocycles. The number of amides is 1. The van der Waals surface area contributed by atoms with Gasteiger partial charge >= 0.3 is 0 Å². The Morgan fingerprint density at radius 1 is 1.11 bits per heavy atom. The molecule has 3 rings (SSSR count). The molecule has 0 fully saturated rings. The largest absolute Gasteiger partial charge is 0.384 e. The summed E-state index contributed by atoms with van der Waals surface area (Å²) in [5.41, 5.74) is 3.88. The van der Waals surface area contributed by atoms with Crippen molar-refractivity contribution >= 4 is 28.2 Å². The van der Waals surface area contributed by atoms with E-state index in [9.17, 15) is 9.59 Å². The van der Waals surface area contributed by atoms with Crippen LogP contribution in [0.1, 0.15) is 18.1 Å². The topological polar surface area (TPSA) is 54.3 Å². The van der Waals surface area contributed by atoms with E-state index in [0.29, 0.717) is 12.1 Å². The highest BCUT2D eigenvalue weighted by atomic mass is 16.2. The van der Waals surface area contributed by atoms with Gasteiger partial charge in [0, 0.05) is 31.7 Å². The Labute approximate surface area is 159 Å². The van der Waals surface area contributed by atoms with Crippen molar-refractivity contribution < 1.29 is 4.79 Å². The van der Waals surface area contributed by atoms with Gasteiger partial charge in [0.25, 0.3) is 5.56 Å². The lowest BCUT2D eigenvalue weighted by Gasteiger charge is -2.21. The van der Waals surface area contributed by atoms with Crippen LogP contribution in [-0.4, -0.2) is 24.1 Å². The van der Waals surface area contributed by atoms with Gasteiger partial charge in [-0.3, -0.25) is 9.59 Å². The van der Waals surface area contributed by atoms with Gasteiger partial charge in [-0.05, 0) is 37.6 Å². The van der Waals surface area contributed by atoms with E-state index in [2.05, 4.69) is 5.32 Å². The summed E-state index contributed by atoms with van der Waals surface area (Å²) in [6.45, 7) is 4.69. The highest BCUT2D eigenvalue weighted by Gasteiger charge is 2.21. The number of carbonyl (C=O) groups excluding carboxylic acids is 1. The van der Waals surface area contributed by atoms with Gasteiger partial charge < -0.3 is 14.8 Å². The zero-order valence-electron chi connectivity index (χ0n) is 16.2. The first-order valence-corrected chi connectivity index (χ1v) is 9.12.